The first kappa shape index (κ1) is 16.8. The number of amides is 1. The van der Waals surface area contributed by atoms with Crippen LogP contribution < -0.4 is 11.1 Å². The lowest BCUT2D eigenvalue weighted by Gasteiger charge is -2.12. The number of nitrogens with two attached hydrogens (primary N) is 1. The number of benzene rings is 1. The van der Waals surface area contributed by atoms with E-state index >= 15 is 0 Å². The number of hydrogen-bond acceptors (Lipinski definition) is 4. The molecule has 1 aromatic carbocycles. The molecule has 0 saturated carbocycles. The Kier molecular flexibility index (Phi) is 7.43. The number of carbonyl (C=O) groups excluding carboxylic acids is 1. The van der Waals surface area contributed by atoms with Crippen molar-refractivity contribution in [2.24, 2.45) is 5.73 Å². The SMILES string of the molecule is COCCCS(=O)C(C)C(=O)Nc1ccc(CN)cc1. The van der Waals surface area contributed by atoms with Gasteiger partial charge in [-0.15, -0.1) is 0 Å². The van der Waals surface area contributed by atoms with Crippen LogP contribution in [0.25, 0.3) is 0 Å². The van der Waals surface area contributed by atoms with E-state index in [1.165, 1.54) is 0 Å². The zero-order chi connectivity index (χ0) is 15.0. The van der Waals surface area contributed by atoms with Crippen LogP contribution in [0.4, 0.5) is 5.69 Å². The molecule has 0 spiro atoms. The third-order valence-electron chi connectivity index (χ3n) is 2.91. The third kappa shape index (κ3) is 5.40. The number of nitrogens with one attached hydrogen (secondary N) is 1. The van der Waals surface area contributed by atoms with Crippen molar-refractivity contribution in [2.45, 2.75) is 25.1 Å². The molecule has 0 heterocycles. The second kappa shape index (κ2) is 8.84. The number of hydrogen-bond donors (Lipinski definition) is 2. The Morgan fingerprint density at radius 2 is 2.05 bits per heavy atom. The maximum atomic E-state index is 12.0. The molecule has 0 radical (unpaired) electrons. The Hall–Kier alpha value is -1.24. The van der Waals surface area contributed by atoms with Gasteiger partial charge in [0.15, 0.2) is 0 Å². The van der Waals surface area contributed by atoms with Gasteiger partial charge in [0.25, 0.3) is 0 Å². The zero-order valence-corrected chi connectivity index (χ0v) is 12.7. The van der Waals surface area contributed by atoms with E-state index in [0.717, 1.165) is 5.56 Å². The van der Waals surface area contributed by atoms with Crippen molar-refractivity contribution >= 4 is 22.4 Å². The van der Waals surface area contributed by atoms with Crippen molar-refractivity contribution in [3.8, 4) is 0 Å². The maximum Gasteiger partial charge on any atom is 0.239 e. The van der Waals surface area contributed by atoms with E-state index in [4.69, 9.17) is 10.5 Å². The number of rotatable bonds is 8. The van der Waals surface area contributed by atoms with E-state index in [2.05, 4.69) is 5.32 Å². The van der Waals surface area contributed by atoms with Crippen LogP contribution in [0.1, 0.15) is 18.9 Å². The van der Waals surface area contributed by atoms with Crippen LogP contribution in [0.5, 0.6) is 0 Å². The van der Waals surface area contributed by atoms with Gasteiger partial charge in [0.1, 0.15) is 5.25 Å². The fourth-order valence-corrected chi connectivity index (χ4v) is 2.66. The lowest BCUT2D eigenvalue weighted by Crippen LogP contribution is -2.30. The van der Waals surface area contributed by atoms with Gasteiger partial charge in [0.2, 0.25) is 5.91 Å². The molecule has 1 aromatic rings. The minimum absolute atomic E-state index is 0.235. The molecular weight excluding hydrogens is 276 g/mol. The molecule has 0 aliphatic rings. The molecule has 0 aliphatic carbocycles. The van der Waals surface area contributed by atoms with Crippen LogP contribution in [0.3, 0.4) is 0 Å². The summed E-state index contributed by atoms with van der Waals surface area (Å²) in [6.45, 7) is 2.70. The molecular formula is C14H22N2O3S. The zero-order valence-electron chi connectivity index (χ0n) is 11.9. The Morgan fingerprint density at radius 1 is 1.40 bits per heavy atom. The van der Waals surface area contributed by atoms with Crippen LogP contribution in [0.2, 0.25) is 0 Å². The van der Waals surface area contributed by atoms with Gasteiger partial charge < -0.3 is 15.8 Å². The van der Waals surface area contributed by atoms with Crippen LogP contribution in [0.15, 0.2) is 24.3 Å². The summed E-state index contributed by atoms with van der Waals surface area (Å²) in [5.74, 6) is 0.232. The Morgan fingerprint density at radius 3 is 2.60 bits per heavy atom. The minimum Gasteiger partial charge on any atom is -0.385 e. The summed E-state index contributed by atoms with van der Waals surface area (Å²) in [5, 5.41) is 2.22. The summed E-state index contributed by atoms with van der Waals surface area (Å²) in [5.41, 5.74) is 7.20. The Labute approximate surface area is 122 Å². The molecule has 1 amide bonds. The van der Waals surface area contributed by atoms with Crippen LogP contribution >= 0.6 is 0 Å². The second-order valence-corrected chi connectivity index (χ2v) is 6.34. The van der Waals surface area contributed by atoms with Gasteiger partial charge in [-0.1, -0.05) is 12.1 Å². The second-order valence-electron chi connectivity index (χ2n) is 4.46. The lowest BCUT2D eigenvalue weighted by atomic mass is 10.2. The molecule has 6 heteroatoms. The third-order valence-corrected chi connectivity index (χ3v) is 4.61. The molecule has 0 bridgehead atoms. The highest BCUT2D eigenvalue weighted by Gasteiger charge is 2.19. The summed E-state index contributed by atoms with van der Waals surface area (Å²) in [6, 6.07) is 7.30. The first-order valence-electron chi connectivity index (χ1n) is 6.54. The number of anilines is 1. The number of methoxy groups -OCH3 is 1. The first-order valence-corrected chi connectivity index (χ1v) is 7.92. The van der Waals surface area contributed by atoms with Crippen molar-refractivity contribution in [2.75, 3.05) is 24.8 Å². The van der Waals surface area contributed by atoms with E-state index in [1.807, 2.05) is 12.1 Å². The monoisotopic (exact) mass is 298 g/mol. The number of carbonyl (C=O) groups is 1. The smallest absolute Gasteiger partial charge is 0.239 e. The van der Waals surface area contributed by atoms with Crippen molar-refractivity contribution in [3.05, 3.63) is 29.8 Å². The molecule has 20 heavy (non-hydrogen) atoms. The van der Waals surface area contributed by atoms with E-state index in [0.29, 0.717) is 31.0 Å². The van der Waals surface area contributed by atoms with Crippen molar-refractivity contribution in [3.63, 3.8) is 0 Å². The molecule has 5 nitrogen and oxygen atoms in total. The highest BCUT2D eigenvalue weighted by Crippen LogP contribution is 2.11. The average Bonchev–Trinajstić information content (AvgIpc) is 2.47. The summed E-state index contributed by atoms with van der Waals surface area (Å²) in [6.07, 6.45) is 0.686. The molecule has 3 N–H and O–H groups in total. The lowest BCUT2D eigenvalue weighted by molar-refractivity contribution is -0.115. The van der Waals surface area contributed by atoms with Crippen molar-refractivity contribution < 1.29 is 13.7 Å². The van der Waals surface area contributed by atoms with E-state index in [9.17, 15) is 9.00 Å². The Balaban J connectivity index is 2.49. The predicted molar refractivity (Wildman–Crippen MR) is 81.9 cm³/mol. The van der Waals surface area contributed by atoms with Gasteiger partial charge in [-0.3, -0.25) is 9.00 Å². The van der Waals surface area contributed by atoms with Gasteiger partial charge in [0.05, 0.1) is 0 Å². The van der Waals surface area contributed by atoms with Crippen molar-refractivity contribution in [1.29, 1.82) is 0 Å². The molecule has 2 atom stereocenters. The normalized spacial score (nSPS) is 13.8. The number of ether oxygens (including phenoxy) is 1. The molecule has 0 fully saturated rings. The maximum absolute atomic E-state index is 12.0. The van der Waals surface area contributed by atoms with Gasteiger partial charge >= 0.3 is 0 Å². The molecule has 0 aromatic heterocycles. The molecule has 112 valence electrons. The minimum atomic E-state index is -1.19. The van der Waals surface area contributed by atoms with Gasteiger partial charge in [-0.2, -0.15) is 0 Å². The van der Waals surface area contributed by atoms with Crippen molar-refractivity contribution in [1.82, 2.24) is 0 Å². The largest absolute Gasteiger partial charge is 0.385 e. The van der Waals surface area contributed by atoms with Gasteiger partial charge in [-0.05, 0) is 31.0 Å². The first-order chi connectivity index (χ1) is 9.58. The van der Waals surface area contributed by atoms with Crippen LogP contribution in [-0.2, 0) is 26.9 Å². The average molecular weight is 298 g/mol. The van der Waals surface area contributed by atoms with E-state index < -0.39 is 16.0 Å². The fourth-order valence-electron chi connectivity index (χ4n) is 1.61. The highest BCUT2D eigenvalue weighted by atomic mass is 32.2. The quantitative estimate of drug-likeness (QED) is 0.708. The molecule has 0 saturated heterocycles. The van der Waals surface area contributed by atoms with E-state index in [1.54, 1.807) is 26.2 Å². The van der Waals surface area contributed by atoms with Gasteiger partial charge in [-0.25, -0.2) is 0 Å². The topological polar surface area (TPSA) is 81.4 Å². The summed E-state index contributed by atoms with van der Waals surface area (Å²) < 4.78 is 16.8. The molecule has 2 unspecified atom stereocenters. The Bertz CT molecular complexity index is 448. The van der Waals surface area contributed by atoms with Gasteiger partial charge in [0, 0.05) is 42.5 Å². The van der Waals surface area contributed by atoms with E-state index in [-0.39, 0.29) is 5.91 Å². The highest BCUT2D eigenvalue weighted by molar-refractivity contribution is 7.86. The van der Waals surface area contributed by atoms with Crippen LogP contribution in [-0.4, -0.2) is 34.8 Å². The summed E-state index contributed by atoms with van der Waals surface area (Å²) in [7, 11) is 0.413. The summed E-state index contributed by atoms with van der Waals surface area (Å²) in [4.78, 5) is 12.0. The van der Waals surface area contributed by atoms with Crippen LogP contribution in [0, 0.1) is 0 Å². The molecule has 0 aliphatic heterocycles. The molecule has 1 rings (SSSR count). The predicted octanol–water partition coefficient (Wildman–Crippen LogP) is 1.26. The fraction of sp³-hybridized carbons (Fsp3) is 0.500. The summed E-state index contributed by atoms with van der Waals surface area (Å²) >= 11 is 0. The standard InChI is InChI=1S/C14H22N2O3S/c1-11(20(18)9-3-8-19-2)14(17)16-13-6-4-12(10-15)5-7-13/h4-7,11H,3,8-10,15H2,1-2H3,(H,16,17).